The van der Waals surface area contributed by atoms with E-state index >= 15 is 9.13 Å². The summed E-state index contributed by atoms with van der Waals surface area (Å²) in [6.07, 6.45) is -50.1. The van der Waals surface area contributed by atoms with Crippen LogP contribution in [0.1, 0.15) is 55.9 Å². The second kappa shape index (κ2) is 17.3. The lowest BCUT2D eigenvalue weighted by Gasteiger charge is -2.25. The number of aromatic nitrogens is 1. The van der Waals surface area contributed by atoms with Crippen LogP contribution in [0.15, 0.2) is 91.0 Å². The molecule has 0 aliphatic rings. The van der Waals surface area contributed by atoms with Crippen LogP contribution in [0.4, 0.5) is 105 Å². The first-order valence-electron chi connectivity index (χ1n) is 17.8. The van der Waals surface area contributed by atoms with Crippen LogP contribution in [0, 0.1) is 0 Å². The smallest absolute Gasteiger partial charge is 0.313 e. The molecule has 4 aromatic carbocycles. The third kappa shape index (κ3) is 12.0. The SMILES string of the molecule is O=P(Cc1cccc(CP(=O)(c2cc(C(F)(F)F)cc(C(F)(F)F)c2)c2cc(C(F)(F)F)cc(C(F)(F)F)c2)n1)(c1cc(C(F)(F)F)cc(C(F)(F)F)c1)c1cc(C(F)(F)F)cc(C(F)(F)F)c1. The minimum absolute atomic E-state index is 0.334. The van der Waals surface area contributed by atoms with Crippen LogP contribution in [0.5, 0.6) is 0 Å². The first kappa shape index (κ1) is 53.8. The van der Waals surface area contributed by atoms with E-state index in [9.17, 15) is 105 Å². The molecule has 0 spiro atoms. The lowest BCUT2D eigenvalue weighted by atomic mass is 10.1. The standard InChI is InChI=1S/C39H19F24NO2P2/c40-32(41,42)18-4-19(33(43,44)45)9-28(8-18)67(65,29-10-20(34(46,47)48)5-21(11-29)35(49,50)51)16-26-2-1-3-27(64-26)17-68(66,30-12-22(36(52,53)54)6-23(13-30)37(55,56)57)31-14-24(38(58,59)60)7-25(15-31)39(61,62)63/h1-15H,16-17H2. The Morgan fingerprint density at radius 1 is 0.294 bits per heavy atom. The van der Waals surface area contributed by atoms with Gasteiger partial charge < -0.3 is 9.13 Å². The van der Waals surface area contributed by atoms with E-state index in [1.165, 1.54) is 0 Å². The van der Waals surface area contributed by atoms with E-state index in [1.807, 2.05) is 0 Å². The number of hydrogen-bond acceptors (Lipinski definition) is 3. The van der Waals surface area contributed by atoms with Gasteiger partial charge in [0, 0.05) is 32.6 Å². The Labute approximate surface area is 363 Å². The molecule has 5 aromatic rings. The summed E-state index contributed by atoms with van der Waals surface area (Å²) in [5, 5.41) is -6.95. The van der Waals surface area contributed by atoms with Gasteiger partial charge in [0.25, 0.3) is 0 Å². The molecule has 0 fully saturated rings. The van der Waals surface area contributed by atoms with E-state index in [0.717, 1.165) is 0 Å². The summed E-state index contributed by atoms with van der Waals surface area (Å²) in [6, 6.07) is -3.27. The summed E-state index contributed by atoms with van der Waals surface area (Å²) in [4.78, 5) is 3.69. The third-order valence-corrected chi connectivity index (χ3v) is 15.5. The maximum atomic E-state index is 15.1. The van der Waals surface area contributed by atoms with E-state index in [1.54, 1.807) is 0 Å². The molecule has 0 amide bonds. The molecule has 0 unspecified atom stereocenters. The molecular weight excluding hydrogens is 1030 g/mol. The Morgan fingerprint density at radius 3 is 0.603 bits per heavy atom. The van der Waals surface area contributed by atoms with Crippen LogP contribution in [-0.4, -0.2) is 4.98 Å². The van der Waals surface area contributed by atoms with E-state index in [4.69, 9.17) is 0 Å². The number of rotatable bonds is 8. The topological polar surface area (TPSA) is 47.0 Å². The molecule has 29 heteroatoms. The summed E-state index contributed by atoms with van der Waals surface area (Å²) in [5.41, 5.74) is -20.7. The van der Waals surface area contributed by atoms with Gasteiger partial charge in [-0.25, -0.2) is 0 Å². The summed E-state index contributed by atoms with van der Waals surface area (Å²) < 4.78 is 366. The van der Waals surface area contributed by atoms with Gasteiger partial charge in [0.05, 0.1) is 56.8 Å². The van der Waals surface area contributed by atoms with Gasteiger partial charge in [0.15, 0.2) is 0 Å². The first-order valence-corrected chi connectivity index (χ1v) is 21.5. The van der Waals surface area contributed by atoms with Gasteiger partial charge in [-0.05, 0) is 84.9 Å². The molecule has 0 aliphatic heterocycles. The number of benzene rings is 4. The van der Waals surface area contributed by atoms with Crippen LogP contribution < -0.4 is 21.2 Å². The predicted molar refractivity (Wildman–Crippen MR) is 191 cm³/mol. The Bertz CT molecular complexity index is 2330. The van der Waals surface area contributed by atoms with Crippen molar-refractivity contribution in [2.45, 2.75) is 61.7 Å². The zero-order valence-corrected chi connectivity index (χ0v) is 34.1. The van der Waals surface area contributed by atoms with Gasteiger partial charge in [0.2, 0.25) is 0 Å². The van der Waals surface area contributed by atoms with Gasteiger partial charge in [-0.2, -0.15) is 105 Å². The maximum absolute atomic E-state index is 15.1. The van der Waals surface area contributed by atoms with Crippen molar-refractivity contribution in [3.05, 3.63) is 147 Å². The number of hydrogen-bond donors (Lipinski definition) is 0. The minimum atomic E-state index is -5.95. The fourth-order valence-electron chi connectivity index (χ4n) is 6.41. The highest BCUT2D eigenvalue weighted by Crippen LogP contribution is 2.53. The van der Waals surface area contributed by atoms with Crippen molar-refractivity contribution in [2.75, 3.05) is 0 Å². The molecular formula is C39H19F24NO2P2. The summed E-state index contributed by atoms with van der Waals surface area (Å²) in [6.45, 7) is 0. The average molecular weight is 1050 g/mol. The molecule has 1 aromatic heterocycles. The molecule has 0 saturated heterocycles. The molecule has 1 heterocycles. The normalized spacial score (nSPS) is 14.1. The highest BCUT2D eigenvalue weighted by atomic mass is 31.2. The van der Waals surface area contributed by atoms with E-state index in [0.29, 0.717) is 18.2 Å². The van der Waals surface area contributed by atoms with Crippen molar-refractivity contribution in [1.29, 1.82) is 0 Å². The van der Waals surface area contributed by atoms with Crippen molar-refractivity contribution in [2.24, 2.45) is 0 Å². The molecule has 0 atom stereocenters. The molecule has 5 rings (SSSR count). The van der Waals surface area contributed by atoms with Gasteiger partial charge in [0.1, 0.15) is 14.3 Å². The Hall–Kier alpha value is -5.19. The number of alkyl halides is 24. The Kier molecular flexibility index (Phi) is 13.7. The van der Waals surface area contributed by atoms with Crippen molar-refractivity contribution in [1.82, 2.24) is 4.98 Å². The molecule has 0 N–H and O–H groups in total. The van der Waals surface area contributed by atoms with Crippen LogP contribution >= 0.6 is 14.3 Å². The summed E-state index contributed by atoms with van der Waals surface area (Å²) >= 11 is 0. The zero-order chi connectivity index (χ0) is 51.8. The molecule has 0 saturated carbocycles. The van der Waals surface area contributed by atoms with Gasteiger partial charge in [-0.15, -0.1) is 0 Å². The second-order valence-electron chi connectivity index (χ2n) is 14.5. The molecule has 0 aliphatic carbocycles. The van der Waals surface area contributed by atoms with Crippen LogP contribution in [0.25, 0.3) is 0 Å². The van der Waals surface area contributed by atoms with Crippen molar-refractivity contribution < 1.29 is 115 Å². The highest BCUT2D eigenvalue weighted by Gasteiger charge is 2.46. The first-order chi connectivity index (χ1) is 30.4. The Morgan fingerprint density at radius 2 is 0.456 bits per heavy atom. The van der Waals surface area contributed by atoms with Crippen molar-refractivity contribution in [3.8, 4) is 0 Å². The largest absolute Gasteiger partial charge is 0.416 e. The minimum Gasteiger partial charge on any atom is -0.313 e. The van der Waals surface area contributed by atoms with Crippen molar-refractivity contribution in [3.63, 3.8) is 0 Å². The zero-order valence-electron chi connectivity index (χ0n) is 32.3. The number of halogens is 24. The predicted octanol–water partition coefficient (Wildman–Crippen LogP) is 14.3. The van der Waals surface area contributed by atoms with Gasteiger partial charge in [-0.3, -0.25) is 4.98 Å². The van der Waals surface area contributed by atoms with E-state index in [-0.39, 0.29) is 48.5 Å². The fraction of sp³-hybridized carbons (Fsp3) is 0.256. The lowest BCUT2D eigenvalue weighted by molar-refractivity contribution is -0.144. The maximum Gasteiger partial charge on any atom is 0.416 e. The number of pyridine rings is 1. The quantitative estimate of drug-likeness (QED) is 0.115. The average Bonchev–Trinajstić information content (AvgIpc) is 3.17. The third-order valence-electron chi connectivity index (χ3n) is 9.59. The molecule has 0 bridgehead atoms. The van der Waals surface area contributed by atoms with Crippen LogP contribution in [-0.2, 0) is 70.9 Å². The number of nitrogens with zero attached hydrogens (tertiary/aromatic N) is 1. The van der Waals surface area contributed by atoms with Gasteiger partial charge in [-0.1, -0.05) is 6.07 Å². The molecule has 68 heavy (non-hydrogen) atoms. The fourth-order valence-corrected chi connectivity index (χ4v) is 11.8. The summed E-state index contributed by atoms with van der Waals surface area (Å²) in [7, 11) is -11.9. The van der Waals surface area contributed by atoms with Crippen LogP contribution in [0.2, 0.25) is 0 Å². The van der Waals surface area contributed by atoms with E-state index in [2.05, 4.69) is 4.98 Å². The van der Waals surface area contributed by atoms with E-state index < -0.39 is 177 Å². The summed E-state index contributed by atoms with van der Waals surface area (Å²) in [5.74, 6) is 0. The molecule has 370 valence electrons. The monoisotopic (exact) mass is 1050 g/mol. The Balaban J connectivity index is 1.86. The second-order valence-corrected chi connectivity index (χ2v) is 20.1. The molecule has 3 nitrogen and oxygen atoms in total. The lowest BCUT2D eigenvalue weighted by Crippen LogP contribution is -2.26. The van der Waals surface area contributed by atoms with Gasteiger partial charge >= 0.3 is 49.4 Å². The molecule has 0 radical (unpaired) electrons. The highest BCUT2D eigenvalue weighted by molar-refractivity contribution is 7.78. The van der Waals surface area contributed by atoms with Crippen molar-refractivity contribution >= 4 is 35.5 Å². The van der Waals surface area contributed by atoms with Crippen LogP contribution in [0.3, 0.4) is 0 Å².